The average Bonchev–Trinajstić information content (AvgIpc) is 2.70. The molecule has 2 N–H and O–H groups in total. The minimum absolute atomic E-state index is 0.112. The number of hydrogen-bond acceptors (Lipinski definition) is 3. The van der Waals surface area contributed by atoms with Crippen molar-refractivity contribution in [3.05, 3.63) is 0 Å². The number of rotatable bonds is 6. The third-order valence-electron chi connectivity index (χ3n) is 2.83. The van der Waals surface area contributed by atoms with E-state index in [-0.39, 0.29) is 5.91 Å². The SMILES string of the molecule is CCCN(CC(=O)NC)CC1CCCN1. The van der Waals surface area contributed by atoms with Crippen LogP contribution in [0.1, 0.15) is 26.2 Å². The van der Waals surface area contributed by atoms with E-state index in [1.807, 2.05) is 0 Å². The smallest absolute Gasteiger partial charge is 0.233 e. The lowest BCUT2D eigenvalue weighted by molar-refractivity contribution is -0.121. The van der Waals surface area contributed by atoms with Crippen molar-refractivity contribution < 1.29 is 4.79 Å². The van der Waals surface area contributed by atoms with Gasteiger partial charge in [-0.15, -0.1) is 0 Å². The van der Waals surface area contributed by atoms with Crippen LogP contribution in [-0.2, 0) is 4.79 Å². The van der Waals surface area contributed by atoms with Gasteiger partial charge in [-0.25, -0.2) is 0 Å². The van der Waals surface area contributed by atoms with Gasteiger partial charge in [-0.3, -0.25) is 9.69 Å². The van der Waals surface area contributed by atoms with Gasteiger partial charge in [0.15, 0.2) is 0 Å². The van der Waals surface area contributed by atoms with Crippen molar-refractivity contribution >= 4 is 5.91 Å². The normalized spacial score (nSPS) is 20.9. The van der Waals surface area contributed by atoms with Crippen molar-refractivity contribution in [3.63, 3.8) is 0 Å². The zero-order valence-electron chi connectivity index (χ0n) is 9.88. The lowest BCUT2D eigenvalue weighted by Gasteiger charge is -2.24. The minimum Gasteiger partial charge on any atom is -0.358 e. The molecule has 0 radical (unpaired) electrons. The van der Waals surface area contributed by atoms with Crippen LogP contribution in [0.4, 0.5) is 0 Å². The van der Waals surface area contributed by atoms with Crippen LogP contribution >= 0.6 is 0 Å². The molecule has 1 aliphatic heterocycles. The molecule has 0 saturated carbocycles. The van der Waals surface area contributed by atoms with Gasteiger partial charge in [0, 0.05) is 19.6 Å². The molecule has 0 spiro atoms. The van der Waals surface area contributed by atoms with E-state index in [0.29, 0.717) is 12.6 Å². The van der Waals surface area contributed by atoms with Gasteiger partial charge in [-0.05, 0) is 32.4 Å². The van der Waals surface area contributed by atoms with Crippen LogP contribution in [0.2, 0.25) is 0 Å². The topological polar surface area (TPSA) is 44.4 Å². The summed E-state index contributed by atoms with van der Waals surface area (Å²) >= 11 is 0. The van der Waals surface area contributed by atoms with E-state index in [4.69, 9.17) is 0 Å². The van der Waals surface area contributed by atoms with E-state index in [1.165, 1.54) is 12.8 Å². The summed E-state index contributed by atoms with van der Waals surface area (Å²) in [6.45, 7) is 5.82. The van der Waals surface area contributed by atoms with E-state index in [0.717, 1.165) is 26.1 Å². The Morgan fingerprint density at radius 1 is 1.60 bits per heavy atom. The summed E-state index contributed by atoms with van der Waals surface area (Å²) in [6, 6.07) is 0.584. The first-order valence-electron chi connectivity index (χ1n) is 5.92. The summed E-state index contributed by atoms with van der Waals surface area (Å²) in [6.07, 6.45) is 3.61. The van der Waals surface area contributed by atoms with Crippen molar-refractivity contribution in [2.45, 2.75) is 32.2 Å². The van der Waals surface area contributed by atoms with Crippen LogP contribution in [0.5, 0.6) is 0 Å². The zero-order chi connectivity index (χ0) is 11.1. The highest BCUT2D eigenvalue weighted by Gasteiger charge is 2.18. The largest absolute Gasteiger partial charge is 0.358 e. The third-order valence-corrected chi connectivity index (χ3v) is 2.83. The van der Waals surface area contributed by atoms with Gasteiger partial charge < -0.3 is 10.6 Å². The standard InChI is InChI=1S/C11H23N3O/c1-3-7-14(9-11(15)12-2)8-10-5-4-6-13-10/h10,13H,3-9H2,1-2H3,(H,12,15). The van der Waals surface area contributed by atoms with Crippen LogP contribution in [0, 0.1) is 0 Å². The van der Waals surface area contributed by atoms with Crippen LogP contribution in [-0.4, -0.2) is 50.1 Å². The maximum Gasteiger partial charge on any atom is 0.233 e. The molecule has 1 saturated heterocycles. The molecule has 1 heterocycles. The summed E-state index contributed by atoms with van der Waals surface area (Å²) in [5.41, 5.74) is 0. The maximum atomic E-state index is 11.3. The Bertz CT molecular complexity index is 190. The first kappa shape index (κ1) is 12.5. The Morgan fingerprint density at radius 2 is 2.40 bits per heavy atom. The van der Waals surface area contributed by atoms with Gasteiger partial charge in [0.05, 0.1) is 6.54 Å². The monoisotopic (exact) mass is 213 g/mol. The van der Waals surface area contributed by atoms with Crippen molar-refractivity contribution in [2.24, 2.45) is 0 Å². The molecule has 1 amide bonds. The zero-order valence-corrected chi connectivity index (χ0v) is 9.88. The Balaban J connectivity index is 2.31. The molecule has 0 aliphatic carbocycles. The van der Waals surface area contributed by atoms with Crippen molar-refractivity contribution in [1.29, 1.82) is 0 Å². The Labute approximate surface area is 92.4 Å². The molecule has 88 valence electrons. The van der Waals surface area contributed by atoms with E-state index in [1.54, 1.807) is 7.05 Å². The molecule has 0 aromatic heterocycles. The van der Waals surface area contributed by atoms with Gasteiger partial charge in [0.25, 0.3) is 0 Å². The van der Waals surface area contributed by atoms with E-state index < -0.39 is 0 Å². The number of nitrogens with zero attached hydrogens (tertiary/aromatic N) is 1. The lowest BCUT2D eigenvalue weighted by atomic mass is 10.2. The number of likely N-dealkylation sites (N-methyl/N-ethyl adjacent to an activating group) is 1. The summed E-state index contributed by atoms with van der Waals surface area (Å²) in [7, 11) is 1.69. The van der Waals surface area contributed by atoms with Crippen molar-refractivity contribution in [1.82, 2.24) is 15.5 Å². The molecule has 1 atom stereocenters. The molecule has 0 aromatic carbocycles. The van der Waals surface area contributed by atoms with Crippen LogP contribution in [0.3, 0.4) is 0 Å². The quantitative estimate of drug-likeness (QED) is 0.662. The highest BCUT2D eigenvalue weighted by atomic mass is 16.1. The molecule has 4 nitrogen and oxygen atoms in total. The summed E-state index contributed by atoms with van der Waals surface area (Å²) in [5.74, 6) is 0.112. The molecule has 15 heavy (non-hydrogen) atoms. The fourth-order valence-corrected chi connectivity index (χ4v) is 2.06. The lowest BCUT2D eigenvalue weighted by Crippen LogP contribution is -2.42. The van der Waals surface area contributed by atoms with Gasteiger partial charge >= 0.3 is 0 Å². The van der Waals surface area contributed by atoms with Gasteiger partial charge in [0.1, 0.15) is 0 Å². The van der Waals surface area contributed by atoms with Gasteiger partial charge in [0.2, 0.25) is 5.91 Å². The molecule has 1 aliphatic rings. The third kappa shape index (κ3) is 4.62. The maximum absolute atomic E-state index is 11.3. The molecular formula is C11H23N3O. The second-order valence-electron chi connectivity index (χ2n) is 4.20. The Kier molecular flexibility index (Phi) is 5.65. The van der Waals surface area contributed by atoms with Gasteiger partial charge in [-0.1, -0.05) is 6.92 Å². The van der Waals surface area contributed by atoms with Gasteiger partial charge in [-0.2, -0.15) is 0 Å². The molecular weight excluding hydrogens is 190 g/mol. The number of hydrogen-bond donors (Lipinski definition) is 2. The molecule has 1 fully saturated rings. The first-order valence-corrected chi connectivity index (χ1v) is 5.92. The number of amides is 1. The predicted molar refractivity (Wildman–Crippen MR) is 61.8 cm³/mol. The highest BCUT2D eigenvalue weighted by Crippen LogP contribution is 2.07. The second kappa shape index (κ2) is 6.80. The first-order chi connectivity index (χ1) is 7.26. The Hall–Kier alpha value is -0.610. The summed E-state index contributed by atoms with van der Waals surface area (Å²) < 4.78 is 0. The Morgan fingerprint density at radius 3 is 2.93 bits per heavy atom. The van der Waals surface area contributed by atoms with E-state index in [9.17, 15) is 4.79 Å². The highest BCUT2D eigenvalue weighted by molar-refractivity contribution is 5.77. The summed E-state index contributed by atoms with van der Waals surface area (Å²) in [4.78, 5) is 13.5. The number of carbonyl (C=O) groups is 1. The van der Waals surface area contributed by atoms with Crippen LogP contribution < -0.4 is 10.6 Å². The summed E-state index contributed by atoms with van der Waals surface area (Å²) in [5, 5.41) is 6.14. The van der Waals surface area contributed by atoms with E-state index >= 15 is 0 Å². The average molecular weight is 213 g/mol. The molecule has 0 bridgehead atoms. The fraction of sp³-hybridized carbons (Fsp3) is 0.909. The van der Waals surface area contributed by atoms with Crippen LogP contribution in [0.15, 0.2) is 0 Å². The molecule has 0 aromatic rings. The van der Waals surface area contributed by atoms with Crippen LogP contribution in [0.25, 0.3) is 0 Å². The second-order valence-corrected chi connectivity index (χ2v) is 4.20. The van der Waals surface area contributed by atoms with Crippen molar-refractivity contribution in [2.75, 3.05) is 33.2 Å². The predicted octanol–water partition coefficient (Wildman–Crippen LogP) is 0.196. The minimum atomic E-state index is 0.112. The number of carbonyl (C=O) groups excluding carboxylic acids is 1. The number of nitrogens with one attached hydrogen (secondary N) is 2. The van der Waals surface area contributed by atoms with Crippen molar-refractivity contribution in [3.8, 4) is 0 Å². The van der Waals surface area contributed by atoms with E-state index in [2.05, 4.69) is 22.5 Å². The fourth-order valence-electron chi connectivity index (χ4n) is 2.06. The molecule has 1 rings (SSSR count). The molecule has 1 unspecified atom stereocenters. The molecule has 4 heteroatoms.